The predicted octanol–water partition coefficient (Wildman–Crippen LogP) is 3.89. The van der Waals surface area contributed by atoms with Gasteiger partial charge in [-0.05, 0) is 30.0 Å². The zero-order valence-corrected chi connectivity index (χ0v) is 19.7. The average molecular weight is 522 g/mol. The summed E-state index contributed by atoms with van der Waals surface area (Å²) >= 11 is 0. The van der Waals surface area contributed by atoms with Gasteiger partial charge >= 0.3 is 0 Å². The van der Waals surface area contributed by atoms with E-state index < -0.39 is 0 Å². The Morgan fingerprint density at radius 2 is 1.87 bits per heavy atom. The molecule has 30 heavy (non-hydrogen) atoms. The molecule has 1 unspecified atom stereocenters. The lowest BCUT2D eigenvalue weighted by Crippen LogP contribution is -2.41. The zero-order chi connectivity index (χ0) is 20.3. The van der Waals surface area contributed by atoms with Gasteiger partial charge in [0.15, 0.2) is 5.96 Å². The van der Waals surface area contributed by atoms with Crippen LogP contribution in [0.25, 0.3) is 0 Å². The molecular formula is C23H31IN4O2. The standard InChI is InChI=1S/C23H30N4O2.HI/c1-24-23(25-13-7-8-14-29-17-18-9-3-2-4-10-18)26-16-19-15-22(28)27-21-12-6-5-11-20(19)21;/h2-6,9-12,19H,7-8,13-17H2,1H3,(H,27,28)(H2,24,25,26);1H. The van der Waals surface area contributed by atoms with Crippen molar-refractivity contribution in [1.82, 2.24) is 10.6 Å². The van der Waals surface area contributed by atoms with E-state index in [1.165, 1.54) is 11.1 Å². The number of hydrogen-bond donors (Lipinski definition) is 3. The molecule has 1 heterocycles. The average Bonchev–Trinajstić information content (AvgIpc) is 2.75. The molecule has 6 nitrogen and oxygen atoms in total. The third kappa shape index (κ3) is 7.60. The Morgan fingerprint density at radius 1 is 1.10 bits per heavy atom. The maximum Gasteiger partial charge on any atom is 0.225 e. The maximum absolute atomic E-state index is 11.9. The third-order valence-electron chi connectivity index (χ3n) is 4.97. The second-order valence-electron chi connectivity index (χ2n) is 7.16. The van der Waals surface area contributed by atoms with Crippen molar-refractivity contribution in [3.63, 3.8) is 0 Å². The lowest BCUT2D eigenvalue weighted by molar-refractivity contribution is -0.116. The second kappa shape index (κ2) is 13.2. The van der Waals surface area contributed by atoms with E-state index in [1.807, 2.05) is 36.4 Å². The quantitative estimate of drug-likeness (QED) is 0.202. The monoisotopic (exact) mass is 522 g/mol. The second-order valence-corrected chi connectivity index (χ2v) is 7.16. The minimum absolute atomic E-state index is 0. The van der Waals surface area contributed by atoms with Crippen molar-refractivity contribution in [2.75, 3.05) is 32.1 Å². The highest BCUT2D eigenvalue weighted by Crippen LogP contribution is 2.31. The number of halogens is 1. The molecule has 0 spiro atoms. The van der Waals surface area contributed by atoms with Crippen LogP contribution in [0, 0.1) is 0 Å². The molecule has 3 rings (SSSR count). The molecule has 0 radical (unpaired) electrons. The van der Waals surface area contributed by atoms with Crippen LogP contribution in [-0.2, 0) is 16.1 Å². The largest absolute Gasteiger partial charge is 0.377 e. The number of benzene rings is 2. The predicted molar refractivity (Wildman–Crippen MR) is 133 cm³/mol. The first-order chi connectivity index (χ1) is 14.3. The molecule has 0 aromatic heterocycles. The summed E-state index contributed by atoms with van der Waals surface area (Å²) in [4.78, 5) is 16.2. The number of unbranched alkanes of at least 4 members (excludes halogenated alkanes) is 1. The van der Waals surface area contributed by atoms with E-state index in [0.29, 0.717) is 19.6 Å². The van der Waals surface area contributed by atoms with Crippen LogP contribution < -0.4 is 16.0 Å². The lowest BCUT2D eigenvalue weighted by Gasteiger charge is -2.26. The normalized spacial score (nSPS) is 15.6. The maximum atomic E-state index is 11.9. The lowest BCUT2D eigenvalue weighted by atomic mass is 9.90. The van der Waals surface area contributed by atoms with E-state index in [1.54, 1.807) is 7.05 Å². The van der Waals surface area contributed by atoms with Gasteiger partial charge in [-0.25, -0.2) is 0 Å². The first-order valence-corrected chi connectivity index (χ1v) is 10.2. The van der Waals surface area contributed by atoms with Crippen molar-refractivity contribution in [3.05, 3.63) is 65.7 Å². The number of carbonyl (C=O) groups excluding carboxylic acids is 1. The van der Waals surface area contributed by atoms with E-state index >= 15 is 0 Å². The molecule has 162 valence electrons. The fourth-order valence-corrected chi connectivity index (χ4v) is 3.42. The topological polar surface area (TPSA) is 74.8 Å². The number of aliphatic imine (C=N–C) groups is 1. The Bertz CT molecular complexity index is 814. The first-order valence-electron chi connectivity index (χ1n) is 10.2. The highest BCUT2D eigenvalue weighted by molar-refractivity contribution is 14.0. The van der Waals surface area contributed by atoms with E-state index in [2.05, 4.69) is 39.1 Å². The molecule has 3 N–H and O–H groups in total. The Balaban J connectivity index is 0.00000320. The Hall–Kier alpha value is -2.13. The van der Waals surface area contributed by atoms with Crippen LogP contribution in [0.15, 0.2) is 59.6 Å². The minimum Gasteiger partial charge on any atom is -0.377 e. The number of nitrogens with one attached hydrogen (secondary N) is 3. The minimum atomic E-state index is 0. The number of carbonyl (C=O) groups is 1. The Morgan fingerprint density at radius 3 is 2.67 bits per heavy atom. The number of rotatable bonds is 9. The Labute approximate surface area is 195 Å². The van der Waals surface area contributed by atoms with E-state index in [4.69, 9.17) is 4.74 Å². The SMILES string of the molecule is CN=C(NCCCCOCc1ccccc1)NCC1CC(=O)Nc2ccccc21.I. The summed E-state index contributed by atoms with van der Waals surface area (Å²) in [6.07, 6.45) is 2.48. The Kier molecular flexibility index (Phi) is 10.6. The highest BCUT2D eigenvalue weighted by Gasteiger charge is 2.24. The molecule has 2 aromatic rings. The molecule has 7 heteroatoms. The number of ether oxygens (including phenoxy) is 1. The molecule has 0 aliphatic carbocycles. The molecule has 0 saturated heterocycles. The molecule has 1 atom stereocenters. The van der Waals surface area contributed by atoms with Crippen LogP contribution in [0.2, 0.25) is 0 Å². The van der Waals surface area contributed by atoms with Gasteiger partial charge in [0.2, 0.25) is 5.91 Å². The summed E-state index contributed by atoms with van der Waals surface area (Å²) < 4.78 is 5.71. The van der Waals surface area contributed by atoms with Crippen LogP contribution in [0.1, 0.15) is 36.3 Å². The van der Waals surface area contributed by atoms with Crippen LogP contribution in [0.4, 0.5) is 5.69 Å². The fraction of sp³-hybridized carbons (Fsp3) is 0.391. The molecule has 0 saturated carbocycles. The van der Waals surface area contributed by atoms with Crippen molar-refractivity contribution < 1.29 is 9.53 Å². The van der Waals surface area contributed by atoms with Crippen molar-refractivity contribution in [2.24, 2.45) is 4.99 Å². The fourth-order valence-electron chi connectivity index (χ4n) is 3.42. The van der Waals surface area contributed by atoms with Gasteiger partial charge in [0, 0.05) is 44.8 Å². The number of amides is 1. The summed E-state index contributed by atoms with van der Waals surface area (Å²) in [5.41, 5.74) is 3.29. The van der Waals surface area contributed by atoms with Crippen LogP contribution >= 0.6 is 24.0 Å². The van der Waals surface area contributed by atoms with Crippen molar-refractivity contribution in [3.8, 4) is 0 Å². The highest BCUT2D eigenvalue weighted by atomic mass is 127. The molecule has 1 aliphatic heterocycles. The first kappa shape index (κ1) is 24.1. The van der Waals surface area contributed by atoms with Gasteiger partial charge in [-0.1, -0.05) is 48.5 Å². The molecule has 1 amide bonds. The zero-order valence-electron chi connectivity index (χ0n) is 17.4. The van der Waals surface area contributed by atoms with Crippen molar-refractivity contribution >= 4 is 41.5 Å². The number of guanidine groups is 1. The smallest absolute Gasteiger partial charge is 0.225 e. The summed E-state index contributed by atoms with van der Waals surface area (Å²) in [6, 6.07) is 18.2. The third-order valence-corrected chi connectivity index (χ3v) is 4.97. The van der Waals surface area contributed by atoms with E-state index in [9.17, 15) is 4.79 Å². The summed E-state index contributed by atoms with van der Waals surface area (Å²) in [7, 11) is 1.76. The van der Waals surface area contributed by atoms with E-state index in [0.717, 1.165) is 37.6 Å². The van der Waals surface area contributed by atoms with Gasteiger partial charge in [0.25, 0.3) is 0 Å². The van der Waals surface area contributed by atoms with Crippen LogP contribution in [0.3, 0.4) is 0 Å². The number of fused-ring (bicyclic) bond motifs is 1. The van der Waals surface area contributed by atoms with Gasteiger partial charge < -0.3 is 20.7 Å². The van der Waals surface area contributed by atoms with Gasteiger partial charge in [-0.3, -0.25) is 9.79 Å². The molecule has 0 fully saturated rings. The van der Waals surface area contributed by atoms with Gasteiger partial charge in [0.1, 0.15) is 0 Å². The van der Waals surface area contributed by atoms with Gasteiger partial charge in [0.05, 0.1) is 6.61 Å². The van der Waals surface area contributed by atoms with Gasteiger partial charge in [-0.15, -0.1) is 24.0 Å². The van der Waals surface area contributed by atoms with Crippen molar-refractivity contribution in [2.45, 2.75) is 31.8 Å². The number of anilines is 1. The number of hydrogen-bond acceptors (Lipinski definition) is 3. The molecule has 0 bridgehead atoms. The molecular weight excluding hydrogens is 491 g/mol. The summed E-state index contributed by atoms with van der Waals surface area (Å²) in [5, 5.41) is 9.62. The van der Waals surface area contributed by atoms with Crippen molar-refractivity contribution in [1.29, 1.82) is 0 Å². The number of para-hydroxylation sites is 1. The van der Waals surface area contributed by atoms with Gasteiger partial charge in [-0.2, -0.15) is 0 Å². The summed E-state index contributed by atoms with van der Waals surface area (Å²) in [6.45, 7) is 2.91. The molecule has 1 aliphatic rings. The molecule has 2 aromatic carbocycles. The van der Waals surface area contributed by atoms with E-state index in [-0.39, 0.29) is 35.8 Å². The summed E-state index contributed by atoms with van der Waals surface area (Å²) in [5.74, 6) is 0.970. The number of nitrogens with zero attached hydrogens (tertiary/aromatic N) is 1. The van der Waals surface area contributed by atoms with Crippen LogP contribution in [-0.4, -0.2) is 38.6 Å². The van der Waals surface area contributed by atoms with Crippen LogP contribution in [0.5, 0.6) is 0 Å².